The number of aromatic hydroxyl groups is 1. The van der Waals surface area contributed by atoms with Crippen LogP contribution in [0.2, 0.25) is 0 Å². The van der Waals surface area contributed by atoms with Gasteiger partial charge in [-0.2, -0.15) is 0 Å². The van der Waals surface area contributed by atoms with Gasteiger partial charge in [0.15, 0.2) is 5.76 Å². The van der Waals surface area contributed by atoms with E-state index in [9.17, 15) is 5.11 Å². The first-order valence-electron chi connectivity index (χ1n) is 3.76. The highest BCUT2D eigenvalue weighted by Crippen LogP contribution is 2.24. The van der Waals surface area contributed by atoms with E-state index >= 15 is 0 Å². The van der Waals surface area contributed by atoms with Crippen LogP contribution in [-0.4, -0.2) is 10.1 Å². The lowest BCUT2D eigenvalue weighted by molar-refractivity contribution is 0.475. The molecular formula is C9H8N2O2. The zero-order chi connectivity index (χ0) is 9.26. The summed E-state index contributed by atoms with van der Waals surface area (Å²) >= 11 is 0. The molecule has 0 saturated carbocycles. The van der Waals surface area contributed by atoms with E-state index in [1.165, 1.54) is 6.20 Å². The molecule has 0 aliphatic carbocycles. The van der Waals surface area contributed by atoms with Gasteiger partial charge in [0.05, 0.1) is 6.20 Å². The number of aromatic nitrogens is 1. The Morgan fingerprint density at radius 2 is 2.23 bits per heavy atom. The van der Waals surface area contributed by atoms with Crippen molar-refractivity contribution >= 4 is 6.01 Å². The molecule has 4 heteroatoms. The minimum Gasteiger partial charge on any atom is -0.508 e. The highest BCUT2D eigenvalue weighted by Gasteiger charge is 2.03. The van der Waals surface area contributed by atoms with Crippen LogP contribution in [0.15, 0.2) is 34.9 Å². The van der Waals surface area contributed by atoms with Gasteiger partial charge in [0.1, 0.15) is 5.75 Å². The predicted octanol–water partition coefficient (Wildman–Crippen LogP) is 1.63. The minimum absolute atomic E-state index is 0.123. The molecule has 2 rings (SSSR count). The Morgan fingerprint density at radius 1 is 1.38 bits per heavy atom. The van der Waals surface area contributed by atoms with Gasteiger partial charge in [0.2, 0.25) is 0 Å². The molecule has 0 saturated heterocycles. The van der Waals surface area contributed by atoms with E-state index in [0.29, 0.717) is 5.76 Å². The van der Waals surface area contributed by atoms with Crippen molar-refractivity contribution in [1.82, 2.24) is 4.98 Å². The fourth-order valence-corrected chi connectivity index (χ4v) is 1.08. The van der Waals surface area contributed by atoms with Gasteiger partial charge < -0.3 is 15.3 Å². The normalized spacial score (nSPS) is 10.2. The van der Waals surface area contributed by atoms with Gasteiger partial charge in [-0.3, -0.25) is 0 Å². The first kappa shape index (κ1) is 7.67. The molecule has 0 aliphatic rings. The molecule has 0 amide bonds. The van der Waals surface area contributed by atoms with Crippen LogP contribution in [0.25, 0.3) is 11.3 Å². The van der Waals surface area contributed by atoms with Crippen molar-refractivity contribution in [3.8, 4) is 17.1 Å². The van der Waals surface area contributed by atoms with Crippen molar-refractivity contribution in [2.24, 2.45) is 0 Å². The average Bonchev–Trinajstić information content (AvgIpc) is 2.52. The summed E-state index contributed by atoms with van der Waals surface area (Å²) in [6, 6.07) is 6.82. The maximum atomic E-state index is 9.19. The average molecular weight is 176 g/mol. The number of benzene rings is 1. The highest BCUT2D eigenvalue weighted by molar-refractivity contribution is 5.59. The number of oxazole rings is 1. The van der Waals surface area contributed by atoms with Crippen LogP contribution in [0.5, 0.6) is 5.75 Å². The molecule has 1 aromatic carbocycles. The van der Waals surface area contributed by atoms with Gasteiger partial charge in [-0.15, -0.1) is 0 Å². The van der Waals surface area contributed by atoms with Crippen molar-refractivity contribution in [3.63, 3.8) is 0 Å². The summed E-state index contributed by atoms with van der Waals surface area (Å²) in [6.07, 6.45) is 1.52. The van der Waals surface area contributed by atoms with Crippen LogP contribution in [0.1, 0.15) is 0 Å². The maximum Gasteiger partial charge on any atom is 0.292 e. The van der Waals surface area contributed by atoms with Crippen molar-refractivity contribution < 1.29 is 9.52 Å². The lowest BCUT2D eigenvalue weighted by Crippen LogP contribution is -1.79. The van der Waals surface area contributed by atoms with Gasteiger partial charge in [0.25, 0.3) is 6.01 Å². The van der Waals surface area contributed by atoms with Crippen LogP contribution in [0.3, 0.4) is 0 Å². The molecule has 66 valence electrons. The number of anilines is 1. The largest absolute Gasteiger partial charge is 0.508 e. The van der Waals surface area contributed by atoms with E-state index < -0.39 is 0 Å². The standard InChI is InChI=1S/C9H8N2O2/c10-9-11-5-8(13-9)6-2-1-3-7(12)4-6/h1-5,12H,(H2,10,11). The maximum absolute atomic E-state index is 9.19. The Balaban J connectivity index is 2.46. The summed E-state index contributed by atoms with van der Waals surface area (Å²) in [6.45, 7) is 0. The second kappa shape index (κ2) is 2.82. The van der Waals surface area contributed by atoms with E-state index in [-0.39, 0.29) is 11.8 Å². The second-order valence-electron chi connectivity index (χ2n) is 2.61. The van der Waals surface area contributed by atoms with Crippen LogP contribution in [0.4, 0.5) is 6.01 Å². The summed E-state index contributed by atoms with van der Waals surface area (Å²) in [7, 11) is 0. The van der Waals surface area contributed by atoms with Crippen LogP contribution in [-0.2, 0) is 0 Å². The molecule has 0 spiro atoms. The molecule has 0 aliphatic heterocycles. The highest BCUT2D eigenvalue weighted by atomic mass is 16.4. The zero-order valence-corrected chi connectivity index (χ0v) is 6.77. The topological polar surface area (TPSA) is 72.3 Å². The molecule has 13 heavy (non-hydrogen) atoms. The third kappa shape index (κ3) is 1.46. The van der Waals surface area contributed by atoms with E-state index in [1.54, 1.807) is 24.3 Å². The number of hydrogen-bond acceptors (Lipinski definition) is 4. The van der Waals surface area contributed by atoms with Gasteiger partial charge >= 0.3 is 0 Å². The monoisotopic (exact) mass is 176 g/mol. The first-order chi connectivity index (χ1) is 6.25. The number of hydrogen-bond donors (Lipinski definition) is 2. The van der Waals surface area contributed by atoms with E-state index in [2.05, 4.69) is 4.98 Å². The molecule has 0 unspecified atom stereocenters. The SMILES string of the molecule is Nc1ncc(-c2cccc(O)c2)o1. The van der Waals surface area contributed by atoms with Crippen molar-refractivity contribution in [1.29, 1.82) is 0 Å². The van der Waals surface area contributed by atoms with Crippen molar-refractivity contribution in [2.45, 2.75) is 0 Å². The smallest absolute Gasteiger partial charge is 0.292 e. The Labute approximate surface area is 74.6 Å². The molecule has 0 atom stereocenters. The molecule has 0 radical (unpaired) electrons. The van der Waals surface area contributed by atoms with E-state index in [1.807, 2.05) is 0 Å². The molecule has 4 nitrogen and oxygen atoms in total. The fourth-order valence-electron chi connectivity index (χ4n) is 1.08. The lowest BCUT2D eigenvalue weighted by Gasteiger charge is -1.95. The minimum atomic E-state index is 0.123. The summed E-state index contributed by atoms with van der Waals surface area (Å²) in [5.74, 6) is 0.737. The molecule has 0 fully saturated rings. The molecule has 0 bridgehead atoms. The molecular weight excluding hydrogens is 168 g/mol. The summed E-state index contributed by atoms with van der Waals surface area (Å²) < 4.78 is 5.08. The molecule has 3 N–H and O–H groups in total. The Morgan fingerprint density at radius 3 is 2.85 bits per heavy atom. The first-order valence-corrected chi connectivity index (χ1v) is 3.76. The Hall–Kier alpha value is -1.97. The van der Waals surface area contributed by atoms with Crippen LogP contribution >= 0.6 is 0 Å². The number of phenols is 1. The van der Waals surface area contributed by atoms with Gasteiger partial charge in [-0.1, -0.05) is 12.1 Å². The Kier molecular flexibility index (Phi) is 1.66. The number of rotatable bonds is 1. The van der Waals surface area contributed by atoms with E-state index in [0.717, 1.165) is 5.56 Å². The molecule has 1 heterocycles. The zero-order valence-electron chi connectivity index (χ0n) is 6.77. The second-order valence-corrected chi connectivity index (χ2v) is 2.61. The number of nitrogens with two attached hydrogens (primary N) is 1. The van der Waals surface area contributed by atoms with Crippen molar-refractivity contribution in [3.05, 3.63) is 30.5 Å². The fraction of sp³-hybridized carbons (Fsp3) is 0. The van der Waals surface area contributed by atoms with Gasteiger partial charge in [-0.05, 0) is 12.1 Å². The summed E-state index contributed by atoms with van der Waals surface area (Å²) in [5, 5.41) is 9.19. The van der Waals surface area contributed by atoms with Gasteiger partial charge in [-0.25, -0.2) is 4.98 Å². The van der Waals surface area contributed by atoms with Gasteiger partial charge in [0, 0.05) is 5.56 Å². The lowest BCUT2D eigenvalue weighted by atomic mass is 10.2. The summed E-state index contributed by atoms with van der Waals surface area (Å²) in [4.78, 5) is 3.75. The molecule has 1 aromatic heterocycles. The number of nitrogen functional groups attached to an aromatic ring is 1. The summed E-state index contributed by atoms with van der Waals surface area (Å²) in [5.41, 5.74) is 6.07. The number of nitrogens with zero attached hydrogens (tertiary/aromatic N) is 1. The number of phenolic OH excluding ortho intramolecular Hbond substituents is 1. The molecule has 2 aromatic rings. The quantitative estimate of drug-likeness (QED) is 0.692. The third-order valence-corrected chi connectivity index (χ3v) is 1.65. The van der Waals surface area contributed by atoms with Crippen LogP contribution in [0, 0.1) is 0 Å². The van der Waals surface area contributed by atoms with Crippen LogP contribution < -0.4 is 5.73 Å². The predicted molar refractivity (Wildman–Crippen MR) is 48.0 cm³/mol. The third-order valence-electron chi connectivity index (χ3n) is 1.65. The van der Waals surface area contributed by atoms with E-state index in [4.69, 9.17) is 10.2 Å². The Bertz CT molecular complexity index is 423. The van der Waals surface area contributed by atoms with Crippen molar-refractivity contribution in [2.75, 3.05) is 5.73 Å².